The summed E-state index contributed by atoms with van der Waals surface area (Å²) in [6, 6.07) is 8.05. The van der Waals surface area contributed by atoms with Gasteiger partial charge in [0, 0.05) is 31.7 Å². The summed E-state index contributed by atoms with van der Waals surface area (Å²) < 4.78 is 6.28. The Morgan fingerprint density at radius 3 is 2.62 bits per heavy atom. The van der Waals surface area contributed by atoms with E-state index in [0.717, 1.165) is 30.5 Å². The van der Waals surface area contributed by atoms with Crippen molar-refractivity contribution >= 4 is 17.5 Å². The van der Waals surface area contributed by atoms with Crippen molar-refractivity contribution in [2.24, 2.45) is 22.7 Å². The van der Waals surface area contributed by atoms with Gasteiger partial charge in [-0.3, -0.25) is 9.59 Å². The van der Waals surface area contributed by atoms with Gasteiger partial charge in [-0.2, -0.15) is 0 Å². The van der Waals surface area contributed by atoms with Crippen LogP contribution in [-0.2, 0) is 14.3 Å². The topological polar surface area (TPSA) is 87.7 Å². The number of aliphatic hydroxyl groups is 1. The Hall–Kier alpha value is -1.92. The normalized spacial score (nSPS) is 34.5. The monoisotopic (exact) mass is 400 g/mol. The maximum atomic E-state index is 12.4. The molecule has 3 fully saturated rings. The number of carbonyl (C=O) groups excluding carboxylic acids is 2. The van der Waals surface area contributed by atoms with Gasteiger partial charge >= 0.3 is 0 Å². The number of anilines is 1. The molecule has 2 amide bonds. The SMILES string of the molecule is CC(=O)Nc1ccc([C@H]2OCC[C@@]34C[C@@H](C[C@H]23)C(C)(C)[C@@H]4NC(=O)CCO)cc1. The number of carbonyl (C=O) groups is 2. The Balaban J connectivity index is 1.60. The first-order chi connectivity index (χ1) is 13.8. The highest BCUT2D eigenvalue weighted by Gasteiger charge is 2.68. The molecule has 0 aromatic heterocycles. The number of fused-ring (bicyclic) bond motifs is 1. The minimum Gasteiger partial charge on any atom is -0.396 e. The molecule has 0 unspecified atom stereocenters. The number of nitrogens with one attached hydrogen (secondary N) is 2. The van der Waals surface area contributed by atoms with Crippen LogP contribution in [0.4, 0.5) is 5.69 Å². The van der Waals surface area contributed by atoms with Crippen LogP contribution in [0.1, 0.15) is 58.1 Å². The maximum Gasteiger partial charge on any atom is 0.222 e. The Bertz CT molecular complexity index is 791. The maximum absolute atomic E-state index is 12.4. The first kappa shape index (κ1) is 20.4. The average Bonchev–Trinajstić information content (AvgIpc) is 3.15. The van der Waals surface area contributed by atoms with Gasteiger partial charge < -0.3 is 20.5 Å². The summed E-state index contributed by atoms with van der Waals surface area (Å²) in [7, 11) is 0. The molecule has 6 nitrogen and oxygen atoms in total. The van der Waals surface area contributed by atoms with E-state index < -0.39 is 0 Å². The second kappa shape index (κ2) is 7.40. The van der Waals surface area contributed by atoms with Crippen LogP contribution in [0.25, 0.3) is 0 Å². The fraction of sp³-hybridized carbons (Fsp3) is 0.652. The number of hydrogen-bond donors (Lipinski definition) is 3. The number of rotatable bonds is 5. The predicted octanol–water partition coefficient (Wildman–Crippen LogP) is 3.03. The molecule has 0 radical (unpaired) electrons. The van der Waals surface area contributed by atoms with Crippen LogP contribution in [0.3, 0.4) is 0 Å². The van der Waals surface area contributed by atoms with E-state index in [1.54, 1.807) is 0 Å². The Morgan fingerprint density at radius 2 is 1.97 bits per heavy atom. The molecule has 158 valence electrons. The molecule has 1 spiro atoms. The van der Waals surface area contributed by atoms with Crippen LogP contribution < -0.4 is 10.6 Å². The standard InChI is InChI=1S/C23H32N2O4/c1-14(27)24-17-6-4-15(5-7-17)20-18-12-16-13-23(18,9-11-29-20)21(22(16,2)3)25-19(28)8-10-26/h4-7,16,18,20-21,26H,8-13H2,1-3H3,(H,24,27)(H,25,28)/t16-,18-,20-,21+,23-/m1/s1. The van der Waals surface area contributed by atoms with Crippen molar-refractivity contribution in [1.29, 1.82) is 0 Å². The smallest absolute Gasteiger partial charge is 0.222 e. The summed E-state index contributed by atoms with van der Waals surface area (Å²) in [6.45, 7) is 6.62. The number of benzene rings is 1. The molecule has 1 saturated heterocycles. The van der Waals surface area contributed by atoms with Crippen molar-refractivity contribution < 1.29 is 19.4 Å². The fourth-order valence-electron chi connectivity index (χ4n) is 6.41. The molecule has 1 aliphatic heterocycles. The van der Waals surface area contributed by atoms with Crippen LogP contribution >= 0.6 is 0 Å². The summed E-state index contributed by atoms with van der Waals surface area (Å²) in [4.78, 5) is 23.7. The predicted molar refractivity (Wildman–Crippen MR) is 110 cm³/mol. The van der Waals surface area contributed by atoms with Crippen molar-refractivity contribution in [2.45, 2.75) is 58.6 Å². The molecule has 6 heteroatoms. The van der Waals surface area contributed by atoms with Crippen molar-refractivity contribution in [1.82, 2.24) is 5.32 Å². The third-order valence-electron chi connectivity index (χ3n) is 7.71. The van der Waals surface area contributed by atoms with Gasteiger partial charge in [-0.15, -0.1) is 0 Å². The van der Waals surface area contributed by atoms with E-state index in [9.17, 15) is 9.59 Å². The third-order valence-corrected chi connectivity index (χ3v) is 7.71. The van der Waals surface area contributed by atoms with E-state index in [1.807, 2.05) is 24.3 Å². The van der Waals surface area contributed by atoms with E-state index in [0.29, 0.717) is 18.4 Å². The third kappa shape index (κ3) is 3.36. The second-order valence-electron chi connectivity index (χ2n) is 9.62. The highest BCUT2D eigenvalue weighted by Crippen LogP contribution is 2.70. The molecule has 5 atom stereocenters. The lowest BCUT2D eigenvalue weighted by molar-refractivity contribution is -0.137. The largest absolute Gasteiger partial charge is 0.396 e. The molecule has 2 saturated carbocycles. The zero-order chi connectivity index (χ0) is 20.8. The molecule has 3 N–H and O–H groups in total. The lowest BCUT2D eigenvalue weighted by atomic mass is 9.59. The van der Waals surface area contributed by atoms with E-state index in [4.69, 9.17) is 9.84 Å². The Morgan fingerprint density at radius 1 is 1.24 bits per heavy atom. The highest BCUT2D eigenvalue weighted by atomic mass is 16.5. The first-order valence-corrected chi connectivity index (χ1v) is 10.7. The number of aliphatic hydroxyl groups excluding tert-OH is 1. The molecule has 4 rings (SSSR count). The zero-order valence-electron chi connectivity index (χ0n) is 17.5. The lowest BCUT2D eigenvalue weighted by Crippen LogP contribution is -2.59. The molecule has 29 heavy (non-hydrogen) atoms. The van der Waals surface area contributed by atoms with Crippen LogP contribution in [0.15, 0.2) is 24.3 Å². The van der Waals surface area contributed by atoms with Crippen LogP contribution in [0.5, 0.6) is 0 Å². The minimum absolute atomic E-state index is 0.00784. The summed E-state index contributed by atoms with van der Waals surface area (Å²) in [5.41, 5.74) is 2.00. The van der Waals surface area contributed by atoms with Gasteiger partial charge in [-0.1, -0.05) is 26.0 Å². The van der Waals surface area contributed by atoms with E-state index in [2.05, 4.69) is 24.5 Å². The number of ether oxygens (including phenoxy) is 1. The van der Waals surface area contributed by atoms with Crippen molar-refractivity contribution in [3.05, 3.63) is 29.8 Å². The van der Waals surface area contributed by atoms with E-state index in [-0.39, 0.29) is 47.8 Å². The lowest BCUT2D eigenvalue weighted by Gasteiger charge is -2.53. The fourth-order valence-corrected chi connectivity index (χ4v) is 6.41. The summed E-state index contributed by atoms with van der Waals surface area (Å²) >= 11 is 0. The minimum atomic E-state index is -0.120. The quantitative estimate of drug-likeness (QED) is 0.709. The van der Waals surface area contributed by atoms with Gasteiger partial charge in [0.15, 0.2) is 0 Å². The molecule has 1 aromatic carbocycles. The highest BCUT2D eigenvalue weighted by molar-refractivity contribution is 5.88. The van der Waals surface area contributed by atoms with Crippen molar-refractivity contribution in [2.75, 3.05) is 18.5 Å². The average molecular weight is 401 g/mol. The summed E-state index contributed by atoms with van der Waals surface area (Å²) in [5.74, 6) is 0.770. The van der Waals surface area contributed by atoms with E-state index in [1.165, 1.54) is 6.92 Å². The van der Waals surface area contributed by atoms with Crippen LogP contribution in [-0.4, -0.2) is 36.2 Å². The van der Waals surface area contributed by atoms with Crippen LogP contribution in [0.2, 0.25) is 0 Å². The van der Waals surface area contributed by atoms with Gasteiger partial charge in [-0.05, 0) is 59.6 Å². The Labute approximate surface area is 172 Å². The number of amides is 2. The Kier molecular flexibility index (Phi) is 5.20. The number of hydrogen-bond acceptors (Lipinski definition) is 4. The summed E-state index contributed by atoms with van der Waals surface area (Å²) in [5, 5.41) is 15.3. The zero-order valence-corrected chi connectivity index (χ0v) is 17.5. The van der Waals surface area contributed by atoms with E-state index >= 15 is 0 Å². The second-order valence-corrected chi connectivity index (χ2v) is 9.62. The summed E-state index contributed by atoms with van der Waals surface area (Å²) in [6.07, 6.45) is 3.36. The van der Waals surface area contributed by atoms with Gasteiger partial charge in [0.25, 0.3) is 0 Å². The van der Waals surface area contributed by atoms with Gasteiger partial charge in [0.2, 0.25) is 11.8 Å². The van der Waals surface area contributed by atoms with Crippen molar-refractivity contribution in [3.63, 3.8) is 0 Å². The molecular weight excluding hydrogens is 368 g/mol. The van der Waals surface area contributed by atoms with Gasteiger partial charge in [-0.25, -0.2) is 0 Å². The molecule has 2 bridgehead atoms. The molecule has 1 heterocycles. The molecule has 2 aliphatic carbocycles. The molecule has 1 aromatic rings. The molecule has 3 aliphatic rings. The van der Waals surface area contributed by atoms with Gasteiger partial charge in [0.1, 0.15) is 0 Å². The van der Waals surface area contributed by atoms with Gasteiger partial charge in [0.05, 0.1) is 12.7 Å². The first-order valence-electron chi connectivity index (χ1n) is 10.7. The van der Waals surface area contributed by atoms with Crippen molar-refractivity contribution in [3.8, 4) is 0 Å². The van der Waals surface area contributed by atoms with Crippen LogP contribution in [0, 0.1) is 22.7 Å². The molecular formula is C23H32N2O4.